The predicted octanol–water partition coefficient (Wildman–Crippen LogP) is 2.17. The molecule has 84 valence electrons. The van der Waals surface area contributed by atoms with E-state index in [2.05, 4.69) is 41.9 Å². The summed E-state index contributed by atoms with van der Waals surface area (Å²) in [4.78, 5) is 8.00. The van der Waals surface area contributed by atoms with Crippen LogP contribution in [-0.4, -0.2) is 19.7 Å². The summed E-state index contributed by atoms with van der Waals surface area (Å²) in [7, 11) is 1.97. The first-order valence-electron chi connectivity index (χ1n) is 5.28. The fourth-order valence-corrected chi connectivity index (χ4v) is 1.74. The lowest BCUT2D eigenvalue weighted by Gasteiger charge is -2.17. The van der Waals surface area contributed by atoms with E-state index < -0.39 is 0 Å². The monoisotopic (exact) mass is 216 g/mol. The van der Waals surface area contributed by atoms with Crippen LogP contribution in [0, 0.1) is 0 Å². The second kappa shape index (κ2) is 3.70. The first-order valence-corrected chi connectivity index (χ1v) is 5.28. The standard InChI is InChI=1S/C12H16N4/c1-12(2,3)11-5-10(15-16(11)4)9-6-13-8-14-7-9/h5-8H,1-4H3. The van der Waals surface area contributed by atoms with E-state index >= 15 is 0 Å². The van der Waals surface area contributed by atoms with Crippen LogP contribution in [0.3, 0.4) is 0 Å². The molecule has 0 radical (unpaired) electrons. The van der Waals surface area contributed by atoms with Crippen LogP contribution in [0.1, 0.15) is 26.5 Å². The van der Waals surface area contributed by atoms with Crippen LogP contribution in [0.4, 0.5) is 0 Å². The Morgan fingerprint density at radius 2 is 1.75 bits per heavy atom. The van der Waals surface area contributed by atoms with Gasteiger partial charge in [0.05, 0.1) is 5.69 Å². The lowest BCUT2D eigenvalue weighted by atomic mass is 9.92. The summed E-state index contributed by atoms with van der Waals surface area (Å²) in [6.07, 6.45) is 5.08. The van der Waals surface area contributed by atoms with Gasteiger partial charge in [0.25, 0.3) is 0 Å². The van der Waals surface area contributed by atoms with E-state index in [1.165, 1.54) is 12.0 Å². The maximum Gasteiger partial charge on any atom is 0.115 e. The highest BCUT2D eigenvalue weighted by atomic mass is 15.3. The van der Waals surface area contributed by atoms with E-state index in [4.69, 9.17) is 0 Å². The van der Waals surface area contributed by atoms with Crippen molar-refractivity contribution >= 4 is 0 Å². The fourth-order valence-electron chi connectivity index (χ4n) is 1.74. The first kappa shape index (κ1) is 10.8. The lowest BCUT2D eigenvalue weighted by Crippen LogP contribution is -2.16. The number of hydrogen-bond acceptors (Lipinski definition) is 3. The second-order valence-corrected chi connectivity index (χ2v) is 4.92. The Hall–Kier alpha value is -1.71. The third-order valence-electron chi connectivity index (χ3n) is 2.50. The summed E-state index contributed by atoms with van der Waals surface area (Å²) in [5.41, 5.74) is 3.17. The zero-order valence-corrected chi connectivity index (χ0v) is 10.1. The number of aromatic nitrogens is 4. The van der Waals surface area contributed by atoms with Gasteiger partial charge in [0.15, 0.2) is 0 Å². The minimum atomic E-state index is 0.0929. The van der Waals surface area contributed by atoms with Crippen LogP contribution in [0.25, 0.3) is 11.3 Å². The molecule has 2 aromatic heterocycles. The van der Waals surface area contributed by atoms with Crippen molar-refractivity contribution in [2.45, 2.75) is 26.2 Å². The first-order chi connectivity index (χ1) is 7.48. The normalized spacial score (nSPS) is 11.8. The lowest BCUT2D eigenvalue weighted by molar-refractivity contribution is 0.523. The molecule has 0 unspecified atom stereocenters. The van der Waals surface area contributed by atoms with Crippen LogP contribution in [-0.2, 0) is 12.5 Å². The minimum Gasteiger partial charge on any atom is -0.271 e. The predicted molar refractivity (Wildman–Crippen MR) is 62.9 cm³/mol. The molecule has 2 aromatic rings. The molecule has 2 heterocycles. The topological polar surface area (TPSA) is 43.6 Å². The van der Waals surface area contributed by atoms with Gasteiger partial charge in [0.2, 0.25) is 0 Å². The Morgan fingerprint density at radius 1 is 1.12 bits per heavy atom. The van der Waals surface area contributed by atoms with Crippen molar-refractivity contribution in [3.8, 4) is 11.3 Å². The quantitative estimate of drug-likeness (QED) is 0.733. The van der Waals surface area contributed by atoms with Crippen molar-refractivity contribution in [2.75, 3.05) is 0 Å². The summed E-state index contributed by atoms with van der Waals surface area (Å²) in [5.74, 6) is 0. The summed E-state index contributed by atoms with van der Waals surface area (Å²) >= 11 is 0. The van der Waals surface area contributed by atoms with Crippen molar-refractivity contribution in [3.63, 3.8) is 0 Å². The van der Waals surface area contributed by atoms with Gasteiger partial charge in [-0.05, 0) is 6.07 Å². The molecular weight excluding hydrogens is 200 g/mol. The van der Waals surface area contributed by atoms with Crippen LogP contribution < -0.4 is 0 Å². The van der Waals surface area contributed by atoms with E-state index in [1.807, 2.05) is 11.7 Å². The van der Waals surface area contributed by atoms with Crippen molar-refractivity contribution < 1.29 is 0 Å². The van der Waals surface area contributed by atoms with Crippen LogP contribution in [0.15, 0.2) is 24.8 Å². The van der Waals surface area contributed by atoms with Gasteiger partial charge in [-0.25, -0.2) is 9.97 Å². The van der Waals surface area contributed by atoms with Crippen LogP contribution in [0.2, 0.25) is 0 Å². The molecule has 0 spiro atoms. The molecule has 0 atom stereocenters. The Kier molecular flexibility index (Phi) is 2.50. The van der Waals surface area contributed by atoms with E-state index in [0.717, 1.165) is 11.3 Å². The molecule has 0 bridgehead atoms. The maximum absolute atomic E-state index is 4.48. The minimum absolute atomic E-state index is 0.0929. The molecule has 0 aromatic carbocycles. The van der Waals surface area contributed by atoms with E-state index in [0.29, 0.717) is 0 Å². The third kappa shape index (κ3) is 1.96. The molecule has 0 aliphatic carbocycles. The summed E-state index contributed by atoms with van der Waals surface area (Å²) in [5, 5.41) is 4.48. The van der Waals surface area contributed by atoms with Crippen LogP contribution >= 0.6 is 0 Å². The molecule has 0 aliphatic rings. The zero-order chi connectivity index (χ0) is 11.8. The molecule has 0 aliphatic heterocycles. The molecule has 16 heavy (non-hydrogen) atoms. The zero-order valence-electron chi connectivity index (χ0n) is 10.1. The van der Waals surface area contributed by atoms with E-state index in [1.54, 1.807) is 12.4 Å². The Bertz CT molecular complexity index is 479. The smallest absolute Gasteiger partial charge is 0.115 e. The number of nitrogens with zero attached hydrogens (tertiary/aromatic N) is 4. The molecule has 0 saturated carbocycles. The largest absolute Gasteiger partial charge is 0.271 e. The van der Waals surface area contributed by atoms with Gasteiger partial charge in [0, 0.05) is 36.1 Å². The molecule has 0 N–H and O–H groups in total. The SMILES string of the molecule is Cn1nc(-c2cncnc2)cc1C(C)(C)C. The average Bonchev–Trinajstić information content (AvgIpc) is 2.61. The highest BCUT2D eigenvalue weighted by molar-refractivity contribution is 5.57. The van der Waals surface area contributed by atoms with Crippen molar-refractivity contribution in [2.24, 2.45) is 7.05 Å². The van der Waals surface area contributed by atoms with E-state index in [9.17, 15) is 0 Å². The Morgan fingerprint density at radius 3 is 2.25 bits per heavy atom. The van der Waals surface area contributed by atoms with Crippen molar-refractivity contribution in [1.82, 2.24) is 19.7 Å². The van der Waals surface area contributed by atoms with Gasteiger partial charge >= 0.3 is 0 Å². The molecule has 0 saturated heterocycles. The van der Waals surface area contributed by atoms with Crippen molar-refractivity contribution in [1.29, 1.82) is 0 Å². The van der Waals surface area contributed by atoms with Crippen LogP contribution in [0.5, 0.6) is 0 Å². The highest BCUT2D eigenvalue weighted by Crippen LogP contribution is 2.26. The van der Waals surface area contributed by atoms with Gasteiger partial charge in [-0.2, -0.15) is 5.10 Å². The van der Waals surface area contributed by atoms with Gasteiger partial charge in [0.1, 0.15) is 6.33 Å². The van der Waals surface area contributed by atoms with Gasteiger partial charge < -0.3 is 0 Å². The highest BCUT2D eigenvalue weighted by Gasteiger charge is 2.19. The van der Waals surface area contributed by atoms with Crippen molar-refractivity contribution in [3.05, 3.63) is 30.5 Å². The number of rotatable bonds is 1. The van der Waals surface area contributed by atoms with Gasteiger partial charge in [-0.15, -0.1) is 0 Å². The van der Waals surface area contributed by atoms with E-state index in [-0.39, 0.29) is 5.41 Å². The fraction of sp³-hybridized carbons (Fsp3) is 0.417. The third-order valence-corrected chi connectivity index (χ3v) is 2.50. The average molecular weight is 216 g/mol. The number of aryl methyl sites for hydroxylation is 1. The molecule has 4 nitrogen and oxygen atoms in total. The Labute approximate surface area is 95.4 Å². The van der Waals surface area contributed by atoms with Gasteiger partial charge in [-0.3, -0.25) is 4.68 Å². The summed E-state index contributed by atoms with van der Waals surface area (Å²) in [6, 6.07) is 2.10. The molecule has 0 fully saturated rings. The second-order valence-electron chi connectivity index (χ2n) is 4.92. The number of hydrogen-bond donors (Lipinski definition) is 0. The van der Waals surface area contributed by atoms with Gasteiger partial charge in [-0.1, -0.05) is 20.8 Å². The summed E-state index contributed by atoms with van der Waals surface area (Å²) < 4.78 is 1.92. The molecule has 0 amide bonds. The molecular formula is C12H16N4. The molecule has 4 heteroatoms. The Balaban J connectivity index is 2.47. The molecule has 2 rings (SSSR count). The maximum atomic E-state index is 4.48. The summed E-state index contributed by atoms with van der Waals surface area (Å²) in [6.45, 7) is 6.53.